The van der Waals surface area contributed by atoms with E-state index in [-0.39, 0.29) is 0 Å². The molecule has 0 bridgehead atoms. The molecule has 2 rings (SSSR count). The van der Waals surface area contributed by atoms with Crippen LogP contribution in [0.5, 0.6) is 0 Å². The fourth-order valence-electron chi connectivity index (χ4n) is 1.69. The summed E-state index contributed by atoms with van der Waals surface area (Å²) in [6.07, 6.45) is 0.929. The summed E-state index contributed by atoms with van der Waals surface area (Å²) in [6, 6.07) is 2.08. The van der Waals surface area contributed by atoms with Crippen molar-refractivity contribution in [2.75, 3.05) is 0 Å². The van der Waals surface area contributed by atoms with Gasteiger partial charge in [0.2, 0.25) is 0 Å². The zero-order valence-corrected chi connectivity index (χ0v) is 14.2. The van der Waals surface area contributed by atoms with Crippen LogP contribution in [0.2, 0.25) is 5.15 Å². The molecule has 0 aliphatic heterocycles. The lowest BCUT2D eigenvalue weighted by Crippen LogP contribution is -2.04. The molecule has 0 aromatic carbocycles. The quantitative estimate of drug-likeness (QED) is 0.544. The minimum Gasteiger partial charge on any atom is -0.231 e. The Kier molecular flexibility index (Phi) is 4.61. The van der Waals surface area contributed by atoms with E-state index >= 15 is 0 Å². The van der Waals surface area contributed by atoms with E-state index in [1.165, 1.54) is 5.56 Å². The van der Waals surface area contributed by atoms with Crippen LogP contribution in [0, 0.1) is 16.4 Å². The van der Waals surface area contributed by atoms with Gasteiger partial charge in [-0.3, -0.25) is 0 Å². The summed E-state index contributed by atoms with van der Waals surface area (Å²) in [7, 11) is 0. The van der Waals surface area contributed by atoms with Crippen LogP contribution in [0.4, 0.5) is 0 Å². The van der Waals surface area contributed by atoms with Crippen LogP contribution in [0.3, 0.4) is 0 Å². The van der Waals surface area contributed by atoms with Gasteiger partial charge in [-0.05, 0) is 58.9 Å². The zero-order chi connectivity index (χ0) is 13.3. The monoisotopic (exact) mass is 392 g/mol. The van der Waals surface area contributed by atoms with Gasteiger partial charge >= 0.3 is 0 Å². The molecule has 2 aromatic rings. The summed E-state index contributed by atoms with van der Waals surface area (Å²) in [5.74, 6) is 1.31. The first-order valence-electron chi connectivity index (χ1n) is 5.75. The Morgan fingerprint density at radius 1 is 1.39 bits per heavy atom. The smallest absolute Gasteiger partial charge is 0.171 e. The van der Waals surface area contributed by atoms with Crippen LogP contribution in [-0.4, -0.2) is 9.97 Å². The molecule has 0 radical (unpaired) electrons. The van der Waals surface area contributed by atoms with Crippen molar-refractivity contribution in [3.8, 4) is 10.7 Å². The molecule has 0 N–H and O–H groups in total. The van der Waals surface area contributed by atoms with Crippen molar-refractivity contribution in [1.82, 2.24) is 9.97 Å². The normalized spacial score (nSPS) is 11.2. The van der Waals surface area contributed by atoms with E-state index in [2.05, 4.69) is 64.8 Å². The number of aryl methyl sites for hydroxylation is 1. The first-order chi connectivity index (χ1) is 8.49. The highest BCUT2D eigenvalue weighted by Gasteiger charge is 2.15. The molecule has 0 unspecified atom stereocenters. The van der Waals surface area contributed by atoms with Crippen molar-refractivity contribution in [1.29, 1.82) is 0 Å². The van der Waals surface area contributed by atoms with Crippen LogP contribution in [-0.2, 0) is 6.42 Å². The van der Waals surface area contributed by atoms with Gasteiger partial charge in [0.15, 0.2) is 5.82 Å². The second-order valence-corrected chi connectivity index (χ2v) is 6.98. The second kappa shape index (κ2) is 5.84. The first-order valence-corrected chi connectivity index (χ1v) is 8.09. The van der Waals surface area contributed by atoms with Crippen LogP contribution < -0.4 is 0 Å². The number of rotatable bonds is 3. The largest absolute Gasteiger partial charge is 0.231 e. The Bertz CT molecular complexity index is 566. The third-order valence-electron chi connectivity index (χ3n) is 2.55. The molecule has 0 fully saturated rings. The van der Waals surface area contributed by atoms with Crippen LogP contribution in [0.15, 0.2) is 11.4 Å². The third-order valence-corrected chi connectivity index (χ3v) is 5.28. The van der Waals surface area contributed by atoms with E-state index in [0.717, 1.165) is 26.4 Å². The number of hydrogen-bond acceptors (Lipinski definition) is 3. The standard InChI is InChI=1S/C13H14ClIN2S/c1-7(2)6-9-10(15)12(14)17-13(16-9)11-8(3)4-5-18-11/h4-5,7H,6H2,1-3H3. The molecule has 0 saturated heterocycles. The second-order valence-electron chi connectivity index (χ2n) is 4.63. The zero-order valence-electron chi connectivity index (χ0n) is 10.5. The van der Waals surface area contributed by atoms with Crippen molar-refractivity contribution < 1.29 is 0 Å². The Labute approximate surface area is 130 Å². The number of halogens is 2. The van der Waals surface area contributed by atoms with E-state index < -0.39 is 0 Å². The summed E-state index contributed by atoms with van der Waals surface area (Å²) >= 11 is 10.1. The lowest BCUT2D eigenvalue weighted by Gasteiger charge is -2.09. The molecule has 0 atom stereocenters. The van der Waals surface area contributed by atoms with Crippen molar-refractivity contribution in [2.45, 2.75) is 27.2 Å². The summed E-state index contributed by atoms with van der Waals surface area (Å²) < 4.78 is 0.973. The van der Waals surface area contributed by atoms with Crippen LogP contribution in [0.25, 0.3) is 10.7 Å². The van der Waals surface area contributed by atoms with Crippen LogP contribution >= 0.6 is 45.5 Å². The molecular weight excluding hydrogens is 379 g/mol. The molecule has 2 aromatic heterocycles. The number of hydrogen-bond donors (Lipinski definition) is 0. The SMILES string of the molecule is Cc1ccsc1-c1nc(Cl)c(I)c(CC(C)C)n1. The molecular formula is C13H14ClIN2S. The van der Waals surface area contributed by atoms with E-state index in [1.54, 1.807) is 11.3 Å². The molecule has 0 spiro atoms. The van der Waals surface area contributed by atoms with Crippen molar-refractivity contribution in [3.05, 3.63) is 31.4 Å². The highest BCUT2D eigenvalue weighted by atomic mass is 127. The molecule has 96 valence electrons. The topological polar surface area (TPSA) is 25.8 Å². The minimum absolute atomic E-state index is 0.557. The molecule has 2 heterocycles. The van der Waals surface area contributed by atoms with Crippen molar-refractivity contribution >= 4 is 45.5 Å². The van der Waals surface area contributed by atoms with Gasteiger partial charge in [0.25, 0.3) is 0 Å². The van der Waals surface area contributed by atoms with Crippen molar-refractivity contribution in [2.24, 2.45) is 5.92 Å². The minimum atomic E-state index is 0.557. The van der Waals surface area contributed by atoms with Gasteiger partial charge < -0.3 is 0 Å². The molecule has 0 amide bonds. The summed E-state index contributed by atoms with van der Waals surface area (Å²) in [5, 5.41) is 2.62. The van der Waals surface area contributed by atoms with Gasteiger partial charge in [-0.25, -0.2) is 9.97 Å². The average molecular weight is 393 g/mol. The number of nitrogens with zero attached hydrogens (tertiary/aromatic N) is 2. The number of aromatic nitrogens is 2. The Morgan fingerprint density at radius 2 is 2.11 bits per heavy atom. The Balaban J connectivity index is 2.51. The molecule has 18 heavy (non-hydrogen) atoms. The third kappa shape index (κ3) is 3.03. The summed E-state index contributed by atoms with van der Waals surface area (Å²) in [6.45, 7) is 6.44. The molecule has 0 aliphatic rings. The van der Waals surface area contributed by atoms with Crippen LogP contribution in [0.1, 0.15) is 25.1 Å². The van der Waals surface area contributed by atoms with Gasteiger partial charge in [-0.15, -0.1) is 11.3 Å². The van der Waals surface area contributed by atoms with Gasteiger partial charge in [0.05, 0.1) is 14.1 Å². The van der Waals surface area contributed by atoms with Gasteiger partial charge in [-0.1, -0.05) is 25.4 Å². The lowest BCUT2D eigenvalue weighted by atomic mass is 10.1. The fourth-order valence-corrected chi connectivity index (χ4v) is 3.20. The van der Waals surface area contributed by atoms with E-state index in [9.17, 15) is 0 Å². The van der Waals surface area contributed by atoms with E-state index in [4.69, 9.17) is 11.6 Å². The van der Waals surface area contributed by atoms with Gasteiger partial charge in [-0.2, -0.15) is 0 Å². The first kappa shape index (κ1) is 14.2. The summed E-state index contributed by atoms with van der Waals surface area (Å²) in [5.41, 5.74) is 2.25. The molecule has 5 heteroatoms. The Hall–Kier alpha value is -0.200. The highest BCUT2D eigenvalue weighted by molar-refractivity contribution is 14.1. The van der Waals surface area contributed by atoms with Gasteiger partial charge in [0.1, 0.15) is 5.15 Å². The fraction of sp³-hybridized carbons (Fsp3) is 0.385. The Morgan fingerprint density at radius 3 is 2.67 bits per heavy atom. The highest BCUT2D eigenvalue weighted by Crippen LogP contribution is 2.30. The summed E-state index contributed by atoms with van der Waals surface area (Å²) in [4.78, 5) is 10.2. The predicted octanol–water partition coefficient (Wildman–Crippen LogP) is 4.97. The van der Waals surface area contributed by atoms with Crippen molar-refractivity contribution in [3.63, 3.8) is 0 Å². The molecule has 2 nitrogen and oxygen atoms in total. The molecule has 0 aliphatic carbocycles. The van der Waals surface area contributed by atoms with E-state index in [1.807, 2.05) is 0 Å². The van der Waals surface area contributed by atoms with E-state index in [0.29, 0.717) is 11.1 Å². The molecule has 0 saturated carbocycles. The maximum absolute atomic E-state index is 6.22. The predicted molar refractivity (Wildman–Crippen MR) is 86.4 cm³/mol. The maximum atomic E-state index is 6.22. The maximum Gasteiger partial charge on any atom is 0.171 e. The lowest BCUT2D eigenvalue weighted by molar-refractivity contribution is 0.632. The number of thiophene rings is 1. The van der Waals surface area contributed by atoms with Gasteiger partial charge in [0, 0.05) is 0 Å². The average Bonchev–Trinajstić information content (AvgIpc) is 2.70.